The van der Waals surface area contributed by atoms with Gasteiger partial charge < -0.3 is 37.0 Å². The molecule has 1 unspecified atom stereocenters. The number of amides is 4. The van der Waals surface area contributed by atoms with Crippen molar-refractivity contribution in [3.8, 4) is 0 Å². The zero-order valence-electron chi connectivity index (χ0n) is 19.7. The van der Waals surface area contributed by atoms with Crippen molar-refractivity contribution in [2.45, 2.75) is 62.5 Å². The first-order valence-electron chi connectivity index (χ1n) is 11.8. The molecule has 4 aliphatic heterocycles. The molecule has 3 saturated heterocycles. The number of hydrogen-bond donors (Lipinski definition) is 5. The number of fused-ring (bicyclic) bond motifs is 1. The van der Waals surface area contributed by atoms with Crippen LogP contribution in [0.5, 0.6) is 0 Å². The molecule has 0 spiro atoms. The van der Waals surface area contributed by atoms with E-state index in [1.807, 2.05) is 6.92 Å². The third-order valence-electron chi connectivity index (χ3n) is 7.27. The van der Waals surface area contributed by atoms with Crippen LogP contribution in [0, 0.1) is 11.8 Å². The zero-order valence-corrected chi connectivity index (χ0v) is 20.5. The van der Waals surface area contributed by atoms with Crippen molar-refractivity contribution in [1.29, 1.82) is 0 Å². The van der Waals surface area contributed by atoms with Gasteiger partial charge in [-0.15, -0.1) is 11.8 Å². The molecule has 0 aromatic heterocycles. The molecule has 12 nitrogen and oxygen atoms in total. The molecule has 13 heteroatoms. The normalized spacial score (nSPS) is 32.9. The van der Waals surface area contributed by atoms with Gasteiger partial charge in [-0.05, 0) is 19.8 Å². The maximum absolute atomic E-state index is 12.9. The molecule has 0 aromatic rings. The summed E-state index contributed by atoms with van der Waals surface area (Å²) < 4.78 is 0. The average molecular weight is 509 g/mol. The number of carboxylic acid groups (broad SMARTS) is 1. The number of carbonyl (C=O) groups is 5. The fraction of sp³-hybridized carbons (Fsp3) is 0.682. The number of carbonyl (C=O) groups excluding carboxylic acids is 4. The number of nitrogens with two attached hydrogens (primary N) is 2. The van der Waals surface area contributed by atoms with E-state index in [9.17, 15) is 29.1 Å². The van der Waals surface area contributed by atoms with E-state index in [2.05, 4.69) is 10.6 Å². The minimum Gasteiger partial charge on any atom is -0.477 e. The number of nitrogens with zero attached hydrogens (tertiary/aromatic N) is 2. The van der Waals surface area contributed by atoms with Crippen molar-refractivity contribution in [2.75, 3.05) is 19.6 Å². The van der Waals surface area contributed by atoms with E-state index in [0.717, 1.165) is 6.42 Å². The van der Waals surface area contributed by atoms with Crippen LogP contribution in [0.4, 0.5) is 0 Å². The van der Waals surface area contributed by atoms with Crippen LogP contribution in [-0.2, 0) is 24.0 Å². The summed E-state index contributed by atoms with van der Waals surface area (Å²) in [6.07, 6.45) is 0.865. The lowest BCUT2D eigenvalue weighted by Crippen LogP contribution is -2.66. The molecular formula is C22H32N6O6S. The van der Waals surface area contributed by atoms with Crippen LogP contribution in [0.15, 0.2) is 10.6 Å². The SMILES string of the molecule is C[C@@H](NC(=O)CC(N)=O)[C@H]1C(=O)N2C(C(=O)O)=C(SC3CN[C@H](C(=O)N4CC[C@@H](N)C4)C3)[C@H](C)[C@H]12. The lowest BCUT2D eigenvalue weighted by molar-refractivity contribution is -0.158. The molecule has 4 amide bonds. The molecule has 0 saturated carbocycles. The van der Waals surface area contributed by atoms with E-state index >= 15 is 0 Å². The van der Waals surface area contributed by atoms with E-state index in [0.29, 0.717) is 31.0 Å². The van der Waals surface area contributed by atoms with Gasteiger partial charge in [-0.1, -0.05) is 6.92 Å². The van der Waals surface area contributed by atoms with Crippen molar-refractivity contribution in [2.24, 2.45) is 23.3 Å². The Kier molecular flexibility index (Phi) is 7.11. The summed E-state index contributed by atoms with van der Waals surface area (Å²) in [5.74, 6) is -3.73. The first-order chi connectivity index (χ1) is 16.5. The molecule has 0 bridgehead atoms. The van der Waals surface area contributed by atoms with Crippen molar-refractivity contribution in [3.05, 3.63) is 10.6 Å². The Balaban J connectivity index is 1.43. The third kappa shape index (κ3) is 4.76. The number of carboxylic acids is 1. The number of nitrogens with one attached hydrogen (secondary N) is 2. The van der Waals surface area contributed by atoms with Crippen LogP contribution in [-0.4, -0.2) is 93.6 Å². The first-order valence-corrected chi connectivity index (χ1v) is 12.7. The summed E-state index contributed by atoms with van der Waals surface area (Å²) >= 11 is 1.41. The Morgan fingerprint density at radius 3 is 2.63 bits per heavy atom. The van der Waals surface area contributed by atoms with Crippen molar-refractivity contribution < 1.29 is 29.1 Å². The summed E-state index contributed by atoms with van der Waals surface area (Å²) in [6.45, 7) is 5.29. The zero-order chi connectivity index (χ0) is 25.6. The molecular weight excluding hydrogens is 476 g/mol. The second-order valence-electron chi connectivity index (χ2n) is 9.80. The van der Waals surface area contributed by atoms with Gasteiger partial charge >= 0.3 is 5.97 Å². The highest BCUT2D eigenvalue weighted by Crippen LogP contribution is 2.51. The molecule has 7 N–H and O–H groups in total. The van der Waals surface area contributed by atoms with Gasteiger partial charge in [0.05, 0.1) is 18.0 Å². The van der Waals surface area contributed by atoms with Gasteiger partial charge in [0.25, 0.3) is 0 Å². The Morgan fingerprint density at radius 2 is 2.03 bits per heavy atom. The van der Waals surface area contributed by atoms with E-state index in [1.165, 1.54) is 16.7 Å². The third-order valence-corrected chi connectivity index (χ3v) is 8.78. The standard InChI is InChI=1S/C22H32N6O6S/c1-9-17-16(10(2)26-15(30)6-14(24)29)21(32)28(17)18(22(33)34)19(9)35-12-5-13(25-7-12)20(31)27-4-3-11(23)8-27/h9-13,16-17,25H,3-8,23H2,1-2H3,(H2,24,29)(H,26,30)(H,33,34)/t9-,10-,11-,12?,13+,16-,17-/m1/s1. The molecule has 4 rings (SSSR count). The predicted molar refractivity (Wildman–Crippen MR) is 126 cm³/mol. The second-order valence-corrected chi connectivity index (χ2v) is 11.1. The van der Waals surface area contributed by atoms with Crippen molar-refractivity contribution in [1.82, 2.24) is 20.4 Å². The molecule has 4 heterocycles. The maximum Gasteiger partial charge on any atom is 0.353 e. The quantitative estimate of drug-likeness (QED) is 0.185. The van der Waals surface area contributed by atoms with Gasteiger partial charge in [-0.25, -0.2) is 4.79 Å². The van der Waals surface area contributed by atoms with Crippen LogP contribution in [0.25, 0.3) is 0 Å². The fourth-order valence-electron chi connectivity index (χ4n) is 5.62. The molecule has 0 radical (unpaired) electrons. The molecule has 3 fully saturated rings. The van der Waals surface area contributed by atoms with E-state index in [1.54, 1.807) is 11.8 Å². The highest BCUT2D eigenvalue weighted by atomic mass is 32.2. The topological polar surface area (TPSA) is 188 Å². The number of thioether (sulfide) groups is 1. The highest BCUT2D eigenvalue weighted by molar-refractivity contribution is 8.03. The minimum atomic E-state index is -1.18. The minimum absolute atomic E-state index is 0.00567. The van der Waals surface area contributed by atoms with Crippen LogP contribution in [0.1, 0.15) is 33.1 Å². The summed E-state index contributed by atoms with van der Waals surface area (Å²) in [7, 11) is 0. The van der Waals surface area contributed by atoms with Gasteiger partial charge in [-0.3, -0.25) is 19.2 Å². The Morgan fingerprint density at radius 1 is 1.31 bits per heavy atom. The maximum atomic E-state index is 12.9. The number of β-lactam (4-membered cyclic amide) rings is 1. The van der Waals surface area contributed by atoms with Crippen LogP contribution in [0.2, 0.25) is 0 Å². The van der Waals surface area contributed by atoms with Crippen molar-refractivity contribution >= 4 is 41.4 Å². The number of likely N-dealkylation sites (tertiary alicyclic amines) is 1. The fourth-order valence-corrected chi connectivity index (χ4v) is 7.10. The highest BCUT2D eigenvalue weighted by Gasteiger charge is 2.60. The molecule has 192 valence electrons. The molecule has 4 aliphatic rings. The number of primary amides is 1. The van der Waals surface area contributed by atoms with Crippen LogP contribution < -0.4 is 22.1 Å². The van der Waals surface area contributed by atoms with Crippen molar-refractivity contribution in [3.63, 3.8) is 0 Å². The van der Waals surface area contributed by atoms with Crippen LogP contribution in [0.3, 0.4) is 0 Å². The number of hydrogen-bond acceptors (Lipinski definition) is 8. The lowest BCUT2D eigenvalue weighted by atomic mass is 9.78. The van der Waals surface area contributed by atoms with E-state index in [-0.39, 0.29) is 40.8 Å². The van der Waals surface area contributed by atoms with Gasteiger partial charge in [0, 0.05) is 47.8 Å². The Hall–Kier alpha value is -2.64. The van der Waals surface area contributed by atoms with Crippen LogP contribution >= 0.6 is 11.8 Å². The molecule has 0 aliphatic carbocycles. The first kappa shape index (κ1) is 25.5. The smallest absolute Gasteiger partial charge is 0.353 e. The average Bonchev–Trinajstić information content (AvgIpc) is 3.45. The largest absolute Gasteiger partial charge is 0.477 e. The summed E-state index contributed by atoms with van der Waals surface area (Å²) in [5.41, 5.74) is 11.0. The van der Waals surface area contributed by atoms with Gasteiger partial charge in [0.1, 0.15) is 12.1 Å². The second kappa shape index (κ2) is 9.78. The molecule has 35 heavy (non-hydrogen) atoms. The molecule has 7 atom stereocenters. The van der Waals surface area contributed by atoms with E-state index < -0.39 is 42.2 Å². The summed E-state index contributed by atoms with van der Waals surface area (Å²) in [4.78, 5) is 64.6. The number of rotatable bonds is 8. The number of aliphatic carboxylic acids is 1. The Bertz CT molecular complexity index is 987. The van der Waals surface area contributed by atoms with E-state index in [4.69, 9.17) is 11.5 Å². The van der Waals surface area contributed by atoms with Gasteiger partial charge in [0.15, 0.2) is 0 Å². The van der Waals surface area contributed by atoms with Gasteiger partial charge in [-0.2, -0.15) is 0 Å². The lowest BCUT2D eigenvalue weighted by Gasteiger charge is -2.47. The molecule has 0 aromatic carbocycles. The summed E-state index contributed by atoms with van der Waals surface area (Å²) in [5, 5.41) is 15.8. The Labute approximate surface area is 207 Å². The summed E-state index contributed by atoms with van der Waals surface area (Å²) in [6, 6.07) is -1.32. The predicted octanol–water partition coefficient (Wildman–Crippen LogP) is -1.84. The monoisotopic (exact) mass is 508 g/mol. The van der Waals surface area contributed by atoms with Gasteiger partial charge in [0.2, 0.25) is 23.6 Å².